The number of halogens is 1. The minimum absolute atomic E-state index is 0.143. The zero-order valence-electron chi connectivity index (χ0n) is 12.8. The topological polar surface area (TPSA) is 79.3 Å². The minimum atomic E-state index is -0.941. The number of thiazole rings is 1. The highest BCUT2D eigenvalue weighted by atomic mass is 35.5. The predicted molar refractivity (Wildman–Crippen MR) is 92.3 cm³/mol. The van der Waals surface area contributed by atoms with E-state index in [1.165, 1.54) is 5.56 Å². The summed E-state index contributed by atoms with van der Waals surface area (Å²) in [7, 11) is 0. The molecule has 2 rings (SSSR count). The molecule has 0 aliphatic heterocycles. The van der Waals surface area contributed by atoms with Gasteiger partial charge in [0.15, 0.2) is 5.13 Å². The van der Waals surface area contributed by atoms with Crippen LogP contribution in [0.25, 0.3) is 11.3 Å². The highest BCUT2D eigenvalue weighted by Gasteiger charge is 2.17. The van der Waals surface area contributed by atoms with Crippen molar-refractivity contribution in [1.82, 2.24) is 4.98 Å². The van der Waals surface area contributed by atoms with Crippen LogP contribution in [0.5, 0.6) is 0 Å². The number of carboxylic acid groups (broad SMARTS) is 1. The summed E-state index contributed by atoms with van der Waals surface area (Å²) in [5.74, 6) is -1.07. The van der Waals surface area contributed by atoms with Crippen molar-refractivity contribution in [3.05, 3.63) is 34.7 Å². The molecule has 0 saturated heterocycles. The number of hydrogen-bond acceptors (Lipinski definition) is 4. The first kappa shape index (κ1) is 17.4. The fraction of sp³-hybridized carbons (Fsp3) is 0.312. The maximum Gasteiger partial charge on any atom is 0.308 e. The molecular weight excluding hydrogens is 336 g/mol. The Morgan fingerprint density at radius 1 is 1.30 bits per heavy atom. The van der Waals surface area contributed by atoms with E-state index in [1.54, 1.807) is 0 Å². The number of alkyl halides is 1. The Morgan fingerprint density at radius 3 is 2.48 bits per heavy atom. The van der Waals surface area contributed by atoms with Crippen molar-refractivity contribution in [2.45, 2.75) is 26.2 Å². The molecule has 0 saturated carbocycles. The van der Waals surface area contributed by atoms with Gasteiger partial charge < -0.3 is 10.4 Å². The number of carbonyl (C=O) groups excluding carboxylic acids is 1. The Kier molecular flexibility index (Phi) is 5.74. The van der Waals surface area contributed by atoms with Crippen LogP contribution in [0, 0.1) is 0 Å². The summed E-state index contributed by atoms with van der Waals surface area (Å²) in [5.41, 5.74) is 2.60. The number of carboxylic acids is 1. The Morgan fingerprint density at radius 2 is 1.96 bits per heavy atom. The Bertz CT molecular complexity index is 711. The number of amides is 1. The molecule has 0 aliphatic carbocycles. The first-order valence-corrected chi connectivity index (χ1v) is 8.43. The van der Waals surface area contributed by atoms with Crippen LogP contribution in [0.4, 0.5) is 5.13 Å². The summed E-state index contributed by atoms with van der Waals surface area (Å²) in [6.07, 6.45) is -0.143. The summed E-state index contributed by atoms with van der Waals surface area (Å²) in [6, 6.07) is 7.84. The van der Waals surface area contributed by atoms with E-state index < -0.39 is 5.97 Å². The lowest BCUT2D eigenvalue weighted by molar-refractivity contribution is -0.136. The molecule has 0 radical (unpaired) electrons. The van der Waals surface area contributed by atoms with Gasteiger partial charge in [-0.3, -0.25) is 9.59 Å². The number of anilines is 1. The monoisotopic (exact) mass is 352 g/mol. The fourth-order valence-corrected chi connectivity index (χ4v) is 3.12. The fourth-order valence-electron chi connectivity index (χ4n) is 2.07. The van der Waals surface area contributed by atoms with Gasteiger partial charge in [0.1, 0.15) is 5.88 Å². The van der Waals surface area contributed by atoms with Crippen molar-refractivity contribution in [3.8, 4) is 11.3 Å². The molecule has 1 amide bonds. The number of rotatable bonds is 6. The zero-order valence-corrected chi connectivity index (χ0v) is 14.4. The molecule has 0 unspecified atom stereocenters. The van der Waals surface area contributed by atoms with Crippen molar-refractivity contribution in [2.24, 2.45) is 0 Å². The molecule has 0 bridgehead atoms. The van der Waals surface area contributed by atoms with Crippen molar-refractivity contribution >= 4 is 39.9 Å². The first-order chi connectivity index (χ1) is 10.9. The van der Waals surface area contributed by atoms with Gasteiger partial charge in [0.05, 0.1) is 12.1 Å². The van der Waals surface area contributed by atoms with Gasteiger partial charge in [-0.05, 0) is 11.5 Å². The van der Waals surface area contributed by atoms with Crippen molar-refractivity contribution < 1.29 is 14.7 Å². The maximum atomic E-state index is 11.4. The lowest BCUT2D eigenvalue weighted by Crippen LogP contribution is -2.12. The van der Waals surface area contributed by atoms with E-state index in [0.717, 1.165) is 16.9 Å². The molecule has 0 aliphatic rings. The van der Waals surface area contributed by atoms with Gasteiger partial charge in [0.2, 0.25) is 5.91 Å². The highest BCUT2D eigenvalue weighted by molar-refractivity contribution is 7.16. The van der Waals surface area contributed by atoms with Crippen molar-refractivity contribution in [2.75, 3.05) is 11.2 Å². The Hall–Kier alpha value is -1.92. The van der Waals surface area contributed by atoms with E-state index >= 15 is 0 Å². The van der Waals surface area contributed by atoms with Gasteiger partial charge in [-0.25, -0.2) is 4.98 Å². The van der Waals surface area contributed by atoms with Gasteiger partial charge in [-0.1, -0.05) is 38.1 Å². The molecule has 5 nitrogen and oxygen atoms in total. The summed E-state index contributed by atoms with van der Waals surface area (Å²) >= 11 is 6.62. The molecule has 0 atom stereocenters. The number of aliphatic carboxylic acids is 1. The van der Waals surface area contributed by atoms with Crippen LogP contribution in [0.1, 0.15) is 30.2 Å². The molecule has 2 N–H and O–H groups in total. The SMILES string of the molecule is CC(C)c1ccc(-c2nc(NC(=O)CCl)sc2CC(=O)O)cc1. The quantitative estimate of drug-likeness (QED) is 0.776. The molecule has 0 spiro atoms. The first-order valence-electron chi connectivity index (χ1n) is 7.08. The van der Waals surface area contributed by atoms with Gasteiger partial charge in [0, 0.05) is 10.4 Å². The van der Waals surface area contributed by atoms with Gasteiger partial charge >= 0.3 is 5.97 Å². The second-order valence-electron chi connectivity index (χ2n) is 5.32. The molecular formula is C16H17ClN2O3S. The van der Waals surface area contributed by atoms with Crippen LogP contribution in [-0.2, 0) is 16.0 Å². The number of nitrogens with zero attached hydrogens (tertiary/aromatic N) is 1. The third kappa shape index (κ3) is 4.53. The molecule has 122 valence electrons. The lowest BCUT2D eigenvalue weighted by Gasteiger charge is -2.06. The van der Waals surface area contributed by atoms with Crippen LogP contribution < -0.4 is 5.32 Å². The van der Waals surface area contributed by atoms with Crippen molar-refractivity contribution in [3.63, 3.8) is 0 Å². The number of nitrogens with one attached hydrogen (secondary N) is 1. The van der Waals surface area contributed by atoms with Gasteiger partial charge in [0.25, 0.3) is 0 Å². The second-order valence-corrected chi connectivity index (χ2v) is 6.67. The van der Waals surface area contributed by atoms with E-state index in [1.807, 2.05) is 24.3 Å². The number of benzene rings is 1. The molecule has 1 aromatic carbocycles. The second kappa shape index (κ2) is 7.57. The summed E-state index contributed by atoms with van der Waals surface area (Å²) in [6.45, 7) is 4.21. The molecule has 0 fully saturated rings. The smallest absolute Gasteiger partial charge is 0.308 e. The highest BCUT2D eigenvalue weighted by Crippen LogP contribution is 2.32. The van der Waals surface area contributed by atoms with E-state index in [9.17, 15) is 9.59 Å². The standard InChI is InChI=1S/C16H17ClN2O3S/c1-9(2)10-3-5-11(6-4-10)15-12(7-14(21)22)23-16(19-15)18-13(20)8-17/h3-6,9H,7-8H2,1-2H3,(H,21,22)(H,18,19,20). The molecule has 7 heteroatoms. The van der Waals surface area contributed by atoms with Crippen LogP contribution in [-0.4, -0.2) is 27.8 Å². The van der Waals surface area contributed by atoms with E-state index in [-0.39, 0.29) is 18.2 Å². The summed E-state index contributed by atoms with van der Waals surface area (Å²) < 4.78 is 0. The van der Waals surface area contributed by atoms with Crippen LogP contribution in [0.2, 0.25) is 0 Å². The average Bonchev–Trinajstić information content (AvgIpc) is 2.88. The van der Waals surface area contributed by atoms with E-state index in [2.05, 4.69) is 24.1 Å². The van der Waals surface area contributed by atoms with Crippen LogP contribution >= 0.6 is 22.9 Å². The predicted octanol–water partition coefficient (Wildman–Crippen LogP) is 3.74. The Balaban J connectivity index is 2.37. The molecule has 23 heavy (non-hydrogen) atoms. The molecule has 1 heterocycles. The number of aromatic nitrogens is 1. The van der Waals surface area contributed by atoms with Crippen LogP contribution in [0.3, 0.4) is 0 Å². The van der Waals surface area contributed by atoms with Crippen molar-refractivity contribution in [1.29, 1.82) is 0 Å². The average molecular weight is 353 g/mol. The number of hydrogen-bond donors (Lipinski definition) is 2. The normalized spacial score (nSPS) is 10.8. The molecule has 1 aromatic heterocycles. The van der Waals surface area contributed by atoms with E-state index in [4.69, 9.17) is 16.7 Å². The third-order valence-corrected chi connectivity index (χ3v) is 4.44. The third-order valence-electron chi connectivity index (χ3n) is 3.23. The Labute approximate surface area is 143 Å². The number of carbonyl (C=O) groups is 2. The van der Waals surface area contributed by atoms with E-state index in [0.29, 0.717) is 21.6 Å². The lowest BCUT2D eigenvalue weighted by atomic mass is 10.0. The minimum Gasteiger partial charge on any atom is -0.481 e. The largest absolute Gasteiger partial charge is 0.481 e. The van der Waals surface area contributed by atoms with Crippen LogP contribution in [0.15, 0.2) is 24.3 Å². The summed E-state index contributed by atoms with van der Waals surface area (Å²) in [5, 5.41) is 12.0. The molecule has 2 aromatic rings. The zero-order chi connectivity index (χ0) is 17.0. The summed E-state index contributed by atoms with van der Waals surface area (Å²) in [4.78, 5) is 27.4. The maximum absolute atomic E-state index is 11.4. The van der Waals surface area contributed by atoms with Gasteiger partial charge in [-0.15, -0.1) is 22.9 Å². The van der Waals surface area contributed by atoms with Gasteiger partial charge in [-0.2, -0.15) is 0 Å².